The molecule has 1 aromatic heterocycles. The van der Waals surface area contributed by atoms with Crippen molar-refractivity contribution in [3.05, 3.63) is 71.4 Å². The van der Waals surface area contributed by atoms with Crippen molar-refractivity contribution in [3.63, 3.8) is 0 Å². The predicted molar refractivity (Wildman–Crippen MR) is 136 cm³/mol. The molecule has 1 heterocycles. The highest BCUT2D eigenvalue weighted by Crippen LogP contribution is 2.48. The molecule has 2 atom stereocenters. The molecule has 2 aromatic carbocycles. The third-order valence-corrected chi connectivity index (χ3v) is 6.58. The Hall–Kier alpha value is -2.51. The summed E-state index contributed by atoms with van der Waals surface area (Å²) in [5.41, 5.74) is 1.96. The summed E-state index contributed by atoms with van der Waals surface area (Å²) in [6, 6.07) is 15.3. The molecule has 2 unspecified atom stereocenters. The van der Waals surface area contributed by atoms with Crippen molar-refractivity contribution in [1.29, 1.82) is 0 Å². The molecule has 0 spiro atoms. The first-order valence-electron chi connectivity index (χ1n) is 12.1. The van der Waals surface area contributed by atoms with Gasteiger partial charge in [-0.25, -0.2) is 0 Å². The van der Waals surface area contributed by atoms with Crippen molar-refractivity contribution in [2.75, 3.05) is 26.2 Å². The molecule has 1 fully saturated rings. The number of aromatic amines is 1. The first kappa shape index (κ1) is 27.1. The minimum atomic E-state index is -4.28. The lowest BCUT2D eigenvalue weighted by atomic mass is 10.1. The van der Waals surface area contributed by atoms with Crippen LogP contribution in [-0.4, -0.2) is 42.0 Å². The number of carbonyl (C=O) groups is 1. The van der Waals surface area contributed by atoms with Crippen LogP contribution in [0.1, 0.15) is 60.1 Å². The maximum Gasteiger partial charge on any atom is 0.416 e. The Labute approximate surface area is 210 Å². The molecule has 8 heteroatoms. The molecule has 1 aliphatic carbocycles. The zero-order valence-electron chi connectivity index (χ0n) is 19.9. The number of alkyl halides is 3. The zero-order chi connectivity index (χ0) is 24.1. The van der Waals surface area contributed by atoms with Gasteiger partial charge in [0.1, 0.15) is 5.69 Å². The lowest BCUT2D eigenvalue weighted by Gasteiger charge is -2.22. The number of unbranched alkanes of at least 4 members (excludes halogenated alkanes) is 1. The van der Waals surface area contributed by atoms with Crippen molar-refractivity contribution in [2.24, 2.45) is 5.92 Å². The fourth-order valence-electron chi connectivity index (χ4n) is 4.67. The molecule has 0 aliphatic heterocycles. The Morgan fingerprint density at radius 3 is 2.51 bits per heavy atom. The van der Waals surface area contributed by atoms with Gasteiger partial charge in [0.15, 0.2) is 0 Å². The van der Waals surface area contributed by atoms with Gasteiger partial charge in [-0.3, -0.25) is 4.79 Å². The lowest BCUT2D eigenvalue weighted by Crippen LogP contribution is -2.30. The molecule has 0 radical (unpaired) electrons. The van der Waals surface area contributed by atoms with E-state index in [1.807, 2.05) is 30.3 Å². The van der Waals surface area contributed by atoms with Gasteiger partial charge >= 0.3 is 6.18 Å². The highest BCUT2D eigenvalue weighted by Gasteiger charge is 2.39. The van der Waals surface area contributed by atoms with Gasteiger partial charge in [-0.2, -0.15) is 13.2 Å². The molecule has 3 aromatic rings. The van der Waals surface area contributed by atoms with Crippen LogP contribution in [0.2, 0.25) is 0 Å². The number of fused-ring (bicyclic) bond motifs is 1. The largest absolute Gasteiger partial charge is 0.416 e. The quantitative estimate of drug-likeness (QED) is 0.286. The minimum absolute atomic E-state index is 0. The van der Waals surface area contributed by atoms with E-state index in [-0.39, 0.29) is 18.3 Å². The Balaban J connectivity index is 0.00000342. The van der Waals surface area contributed by atoms with E-state index in [0.29, 0.717) is 24.1 Å². The van der Waals surface area contributed by atoms with Crippen molar-refractivity contribution in [1.82, 2.24) is 15.2 Å². The third-order valence-electron chi connectivity index (χ3n) is 6.58. The fourth-order valence-corrected chi connectivity index (χ4v) is 4.67. The monoisotopic (exact) mass is 507 g/mol. The molecular formula is C27H33ClF3N3O. The van der Waals surface area contributed by atoms with Gasteiger partial charge in [-0.05, 0) is 80.4 Å². The standard InChI is InChI=1S/C27H32F3N3O.ClH/c1-2-14-33(18-21-16-23(21)19-9-11-22(12-10-19)27(28,29)30)15-6-5-13-31-26(34)25-17-20-7-3-4-8-24(20)32-25;/h3-4,7-12,17,21,23,32H,2,5-6,13-16,18H2,1H3,(H,31,34);1H. The maximum absolute atomic E-state index is 12.8. The molecule has 0 saturated heterocycles. The van der Waals surface area contributed by atoms with Crippen LogP contribution in [0.5, 0.6) is 0 Å². The molecular weight excluding hydrogens is 475 g/mol. The highest BCUT2D eigenvalue weighted by molar-refractivity contribution is 5.97. The van der Waals surface area contributed by atoms with Crippen LogP contribution < -0.4 is 5.32 Å². The summed E-state index contributed by atoms with van der Waals surface area (Å²) in [5.74, 6) is 0.779. The number of H-pyrrole nitrogens is 1. The third kappa shape index (κ3) is 7.24. The first-order chi connectivity index (χ1) is 16.3. The molecule has 2 N–H and O–H groups in total. The Kier molecular flexibility index (Phi) is 9.25. The SMILES string of the molecule is CCCN(CCCCNC(=O)c1cc2ccccc2[nH]1)CC1CC1c1ccc(C(F)(F)F)cc1.Cl. The van der Waals surface area contributed by atoms with Crippen LogP contribution in [0.4, 0.5) is 13.2 Å². The van der Waals surface area contributed by atoms with Crippen LogP contribution in [0.15, 0.2) is 54.6 Å². The smallest absolute Gasteiger partial charge is 0.351 e. The summed E-state index contributed by atoms with van der Waals surface area (Å²) in [6.45, 7) is 5.74. The Morgan fingerprint density at radius 1 is 1.09 bits per heavy atom. The number of hydrogen-bond acceptors (Lipinski definition) is 2. The van der Waals surface area contributed by atoms with E-state index in [2.05, 4.69) is 22.1 Å². The van der Waals surface area contributed by atoms with Crippen LogP contribution in [0.3, 0.4) is 0 Å². The number of nitrogens with one attached hydrogen (secondary N) is 2. The number of carbonyl (C=O) groups excluding carboxylic acids is 1. The zero-order valence-corrected chi connectivity index (χ0v) is 20.7. The number of para-hydroxylation sites is 1. The highest BCUT2D eigenvalue weighted by atomic mass is 35.5. The van der Waals surface area contributed by atoms with Crippen molar-refractivity contribution >= 4 is 29.2 Å². The second-order valence-electron chi connectivity index (χ2n) is 9.26. The molecule has 1 amide bonds. The van der Waals surface area contributed by atoms with Gasteiger partial charge in [0.25, 0.3) is 5.91 Å². The predicted octanol–water partition coefficient (Wildman–Crippen LogP) is 6.63. The van der Waals surface area contributed by atoms with E-state index in [9.17, 15) is 18.0 Å². The van der Waals surface area contributed by atoms with Gasteiger partial charge < -0.3 is 15.2 Å². The van der Waals surface area contributed by atoms with Crippen LogP contribution >= 0.6 is 12.4 Å². The van der Waals surface area contributed by atoms with Gasteiger partial charge in [-0.15, -0.1) is 12.4 Å². The normalized spacial score (nSPS) is 17.4. The topological polar surface area (TPSA) is 48.1 Å². The van der Waals surface area contributed by atoms with Gasteiger partial charge in [0.05, 0.1) is 5.56 Å². The number of nitrogens with zero attached hydrogens (tertiary/aromatic N) is 1. The summed E-state index contributed by atoms with van der Waals surface area (Å²) in [5, 5.41) is 4.02. The van der Waals surface area contributed by atoms with Crippen LogP contribution in [0.25, 0.3) is 10.9 Å². The molecule has 1 saturated carbocycles. The average Bonchev–Trinajstić information content (AvgIpc) is 3.44. The number of amides is 1. The molecule has 35 heavy (non-hydrogen) atoms. The van der Waals surface area contributed by atoms with Crippen LogP contribution in [-0.2, 0) is 6.18 Å². The van der Waals surface area contributed by atoms with E-state index < -0.39 is 11.7 Å². The number of halogens is 4. The van der Waals surface area contributed by atoms with Crippen molar-refractivity contribution < 1.29 is 18.0 Å². The van der Waals surface area contributed by atoms with Gasteiger partial charge in [-0.1, -0.05) is 37.3 Å². The first-order valence-corrected chi connectivity index (χ1v) is 12.1. The minimum Gasteiger partial charge on any atom is -0.351 e. The molecule has 0 bridgehead atoms. The number of aromatic nitrogens is 1. The van der Waals surface area contributed by atoms with Gasteiger partial charge in [0, 0.05) is 24.0 Å². The Morgan fingerprint density at radius 2 is 1.83 bits per heavy atom. The van der Waals surface area contributed by atoms with E-state index in [0.717, 1.165) is 61.8 Å². The van der Waals surface area contributed by atoms with E-state index in [4.69, 9.17) is 0 Å². The van der Waals surface area contributed by atoms with Gasteiger partial charge in [0.2, 0.25) is 0 Å². The van der Waals surface area contributed by atoms with E-state index in [1.165, 1.54) is 12.1 Å². The number of rotatable bonds is 11. The molecule has 1 aliphatic rings. The number of benzene rings is 2. The number of hydrogen-bond donors (Lipinski definition) is 2. The fraction of sp³-hybridized carbons (Fsp3) is 0.444. The summed E-state index contributed by atoms with van der Waals surface area (Å²) in [6.07, 6.45) is -0.292. The van der Waals surface area contributed by atoms with E-state index >= 15 is 0 Å². The molecule has 4 rings (SSSR count). The summed E-state index contributed by atoms with van der Waals surface area (Å²) >= 11 is 0. The summed E-state index contributed by atoms with van der Waals surface area (Å²) < 4.78 is 38.4. The average molecular weight is 508 g/mol. The second-order valence-corrected chi connectivity index (χ2v) is 9.26. The van der Waals surface area contributed by atoms with Crippen molar-refractivity contribution in [2.45, 2.75) is 44.7 Å². The second kappa shape index (κ2) is 12.0. The van der Waals surface area contributed by atoms with E-state index in [1.54, 1.807) is 12.1 Å². The molecule has 4 nitrogen and oxygen atoms in total. The Bertz CT molecular complexity index is 1060. The van der Waals surface area contributed by atoms with Crippen LogP contribution in [0, 0.1) is 5.92 Å². The lowest BCUT2D eigenvalue weighted by molar-refractivity contribution is -0.137. The summed E-state index contributed by atoms with van der Waals surface area (Å²) in [7, 11) is 0. The maximum atomic E-state index is 12.8. The summed E-state index contributed by atoms with van der Waals surface area (Å²) in [4.78, 5) is 18.0. The van der Waals surface area contributed by atoms with Crippen molar-refractivity contribution in [3.8, 4) is 0 Å². The molecule has 190 valence electrons.